The summed E-state index contributed by atoms with van der Waals surface area (Å²) in [6.45, 7) is -1.07. The first-order chi connectivity index (χ1) is 6.37. The molecule has 14 heavy (non-hydrogen) atoms. The predicted molar refractivity (Wildman–Crippen MR) is 43.3 cm³/mol. The van der Waals surface area contributed by atoms with Crippen molar-refractivity contribution >= 4 is 6.09 Å². The molecule has 0 radical (unpaired) electrons. The van der Waals surface area contributed by atoms with Crippen LogP contribution in [0.2, 0.25) is 0 Å². The van der Waals surface area contributed by atoms with E-state index in [9.17, 15) is 14.9 Å². The van der Waals surface area contributed by atoms with E-state index in [2.05, 4.69) is 5.32 Å². The van der Waals surface area contributed by atoms with Crippen LogP contribution in [-0.4, -0.2) is 40.5 Å². The molecular weight excluding hydrogens is 194 g/mol. The number of carboxylic acid groups (broad SMARTS) is 1. The van der Waals surface area contributed by atoms with Gasteiger partial charge in [-0.1, -0.05) is 0 Å². The van der Waals surface area contributed by atoms with Crippen LogP contribution in [0.15, 0.2) is 0 Å². The maximum Gasteiger partial charge on any atom is 0.415 e. The van der Waals surface area contributed by atoms with Gasteiger partial charge in [-0.3, -0.25) is 21.2 Å². The van der Waals surface area contributed by atoms with Gasteiger partial charge in [-0.25, -0.2) is 9.69 Å². The van der Waals surface area contributed by atoms with Crippen LogP contribution in [-0.2, 0) is 0 Å². The van der Waals surface area contributed by atoms with Gasteiger partial charge in [0.15, 0.2) is 0 Å². The molecular formula is C5H9N5O4. The molecule has 0 bridgehead atoms. The normalized spacial score (nSPS) is 13.8. The molecule has 0 aromatic heterocycles. The molecule has 1 amide bonds. The lowest BCUT2D eigenvalue weighted by Crippen LogP contribution is -2.66. The van der Waals surface area contributed by atoms with Gasteiger partial charge < -0.3 is 5.11 Å². The van der Waals surface area contributed by atoms with Crippen molar-refractivity contribution in [2.45, 2.75) is 5.79 Å². The van der Waals surface area contributed by atoms with Crippen molar-refractivity contribution in [3.05, 3.63) is 10.1 Å². The number of nitrogens with zero attached hydrogens (tertiary/aromatic N) is 3. The fourth-order valence-corrected chi connectivity index (χ4v) is 0.690. The van der Waals surface area contributed by atoms with E-state index in [0.717, 1.165) is 0 Å². The largest absolute Gasteiger partial charge is 0.465 e. The van der Waals surface area contributed by atoms with Gasteiger partial charge in [-0.15, -0.1) is 0 Å². The summed E-state index contributed by atoms with van der Waals surface area (Å²) in [7, 11) is 1.22. The molecule has 0 aliphatic heterocycles. The molecule has 0 aromatic carbocycles. The summed E-state index contributed by atoms with van der Waals surface area (Å²) >= 11 is 0. The average molecular weight is 203 g/mol. The number of hydrogen-bond donors (Lipinski definition) is 3. The Bertz CT molecular complexity index is 286. The first-order valence-electron chi connectivity index (χ1n) is 3.38. The molecule has 0 heterocycles. The SMILES string of the molecule is CNC(N)(C#N)N(C[N+](=O)[O-])C(=O)O. The van der Waals surface area contributed by atoms with E-state index in [1.165, 1.54) is 13.1 Å². The van der Waals surface area contributed by atoms with Gasteiger partial charge in [-0.05, 0) is 7.05 Å². The van der Waals surface area contributed by atoms with E-state index < -0.39 is 23.5 Å². The minimum absolute atomic E-state index is 0.188. The standard InChI is InChI=1S/C5H9N5O4/c1-8-5(7,2-6)9(4(11)12)3-10(13)14/h8H,3,7H2,1H3,(H,11,12). The van der Waals surface area contributed by atoms with E-state index in [1.807, 2.05) is 0 Å². The van der Waals surface area contributed by atoms with Crippen molar-refractivity contribution < 1.29 is 14.8 Å². The fraction of sp³-hybridized carbons (Fsp3) is 0.600. The third-order valence-corrected chi connectivity index (χ3v) is 1.47. The van der Waals surface area contributed by atoms with Gasteiger partial charge in [-0.2, -0.15) is 5.26 Å². The quantitative estimate of drug-likeness (QED) is 0.288. The van der Waals surface area contributed by atoms with Crippen molar-refractivity contribution in [3.63, 3.8) is 0 Å². The summed E-state index contributed by atoms with van der Waals surface area (Å²) in [6, 6.07) is 1.42. The zero-order valence-electron chi connectivity index (χ0n) is 7.30. The van der Waals surface area contributed by atoms with Crippen LogP contribution in [0, 0.1) is 21.4 Å². The Morgan fingerprint density at radius 2 is 2.43 bits per heavy atom. The highest BCUT2D eigenvalue weighted by molar-refractivity contribution is 5.66. The highest BCUT2D eigenvalue weighted by Crippen LogP contribution is 2.03. The lowest BCUT2D eigenvalue weighted by molar-refractivity contribution is -0.504. The molecule has 0 rings (SSSR count). The number of nitrogens with one attached hydrogen (secondary N) is 1. The third kappa shape index (κ3) is 2.54. The molecule has 0 aromatic rings. The Labute approximate surface area is 78.8 Å². The van der Waals surface area contributed by atoms with Crippen LogP contribution in [0.3, 0.4) is 0 Å². The number of nitriles is 1. The number of amides is 1. The second-order valence-corrected chi connectivity index (χ2v) is 2.31. The first-order valence-corrected chi connectivity index (χ1v) is 3.38. The monoisotopic (exact) mass is 203 g/mol. The maximum absolute atomic E-state index is 10.5. The minimum atomic E-state index is -2.10. The molecule has 1 atom stereocenters. The van der Waals surface area contributed by atoms with Crippen molar-refractivity contribution in [2.24, 2.45) is 5.73 Å². The van der Waals surface area contributed by atoms with E-state index in [0.29, 0.717) is 0 Å². The lowest BCUT2D eigenvalue weighted by Gasteiger charge is -2.29. The fourth-order valence-electron chi connectivity index (χ4n) is 0.690. The second kappa shape index (κ2) is 4.35. The van der Waals surface area contributed by atoms with Crippen molar-refractivity contribution in [1.82, 2.24) is 10.2 Å². The molecule has 0 spiro atoms. The van der Waals surface area contributed by atoms with Gasteiger partial charge in [0.25, 0.3) is 6.67 Å². The summed E-state index contributed by atoms with van der Waals surface area (Å²) in [5.74, 6) is -2.10. The zero-order valence-corrected chi connectivity index (χ0v) is 7.30. The summed E-state index contributed by atoms with van der Waals surface area (Å²) in [6.07, 6.45) is -1.65. The number of rotatable bonds is 4. The Balaban J connectivity index is 4.91. The Morgan fingerprint density at radius 3 is 2.64 bits per heavy atom. The van der Waals surface area contributed by atoms with Gasteiger partial charge in [0.05, 0.1) is 0 Å². The van der Waals surface area contributed by atoms with Crippen LogP contribution < -0.4 is 11.1 Å². The topological polar surface area (TPSA) is 146 Å². The van der Waals surface area contributed by atoms with E-state index >= 15 is 0 Å². The molecule has 0 aliphatic carbocycles. The number of nitrogens with two attached hydrogens (primary N) is 1. The number of nitro groups is 1. The van der Waals surface area contributed by atoms with Crippen LogP contribution in [0.4, 0.5) is 4.79 Å². The van der Waals surface area contributed by atoms with Crippen molar-refractivity contribution in [1.29, 1.82) is 5.26 Å². The molecule has 0 fully saturated rings. The first kappa shape index (κ1) is 12.1. The van der Waals surface area contributed by atoms with Crippen molar-refractivity contribution in [2.75, 3.05) is 13.7 Å². The predicted octanol–water partition coefficient (Wildman–Crippen LogP) is -1.44. The summed E-state index contributed by atoms with van der Waals surface area (Å²) < 4.78 is 0. The van der Waals surface area contributed by atoms with Gasteiger partial charge in [0, 0.05) is 4.92 Å². The summed E-state index contributed by atoms with van der Waals surface area (Å²) in [5.41, 5.74) is 5.26. The molecule has 1 unspecified atom stereocenters. The average Bonchev–Trinajstić information content (AvgIpc) is 2.12. The van der Waals surface area contributed by atoms with Crippen LogP contribution in [0.5, 0.6) is 0 Å². The molecule has 0 saturated heterocycles. The number of carbonyl (C=O) groups is 1. The Morgan fingerprint density at radius 1 is 1.93 bits per heavy atom. The van der Waals surface area contributed by atoms with E-state index in [1.54, 1.807) is 0 Å². The Hall–Kier alpha value is -1.92. The van der Waals surface area contributed by atoms with Crippen LogP contribution in [0.1, 0.15) is 0 Å². The highest BCUT2D eigenvalue weighted by atomic mass is 16.6. The molecule has 0 saturated carbocycles. The lowest BCUT2D eigenvalue weighted by atomic mass is 10.3. The van der Waals surface area contributed by atoms with Crippen LogP contribution >= 0.6 is 0 Å². The number of hydrogen-bond acceptors (Lipinski definition) is 6. The van der Waals surface area contributed by atoms with Gasteiger partial charge in [0.1, 0.15) is 6.07 Å². The maximum atomic E-state index is 10.5. The summed E-state index contributed by atoms with van der Waals surface area (Å²) in [4.78, 5) is 19.9. The van der Waals surface area contributed by atoms with E-state index in [-0.39, 0.29) is 4.90 Å². The molecule has 4 N–H and O–H groups in total. The third-order valence-electron chi connectivity index (χ3n) is 1.47. The zero-order chi connectivity index (χ0) is 11.4. The van der Waals surface area contributed by atoms with E-state index in [4.69, 9.17) is 16.1 Å². The van der Waals surface area contributed by atoms with Gasteiger partial charge >= 0.3 is 6.09 Å². The van der Waals surface area contributed by atoms with Crippen molar-refractivity contribution in [3.8, 4) is 6.07 Å². The Kier molecular flexibility index (Phi) is 3.76. The molecule has 0 aliphatic rings. The minimum Gasteiger partial charge on any atom is -0.465 e. The summed E-state index contributed by atoms with van der Waals surface area (Å²) in [5, 5.41) is 29.4. The smallest absolute Gasteiger partial charge is 0.415 e. The van der Waals surface area contributed by atoms with Gasteiger partial charge in [0.2, 0.25) is 5.79 Å². The molecule has 9 nitrogen and oxygen atoms in total. The highest BCUT2D eigenvalue weighted by Gasteiger charge is 2.38. The molecule has 9 heteroatoms. The second-order valence-electron chi connectivity index (χ2n) is 2.31. The molecule has 78 valence electrons. The van der Waals surface area contributed by atoms with Crippen LogP contribution in [0.25, 0.3) is 0 Å².